The molecule has 3 aromatic rings. The number of nitrogens with one attached hydrogen (secondary N) is 3. The highest BCUT2D eigenvalue weighted by molar-refractivity contribution is 7.89. The molecule has 31 heavy (non-hydrogen) atoms. The van der Waals surface area contributed by atoms with Crippen molar-refractivity contribution in [1.29, 1.82) is 0 Å². The number of amides is 2. The minimum Gasteiger partial charge on any atom is -0.267 e. The first-order valence-corrected chi connectivity index (χ1v) is 11.1. The first-order chi connectivity index (χ1) is 14.7. The van der Waals surface area contributed by atoms with Gasteiger partial charge in [-0.25, -0.2) is 13.1 Å². The Labute approximate surface area is 181 Å². The number of carbonyl (C=O) groups is 2. The third-order valence-electron chi connectivity index (χ3n) is 4.49. The fraction of sp³-hybridized carbons (Fsp3) is 0.130. The second kappa shape index (κ2) is 9.55. The quantitative estimate of drug-likeness (QED) is 0.516. The Morgan fingerprint density at radius 1 is 0.742 bits per heavy atom. The van der Waals surface area contributed by atoms with E-state index in [1.165, 1.54) is 24.3 Å². The molecule has 160 valence electrons. The van der Waals surface area contributed by atoms with Crippen LogP contribution in [0.4, 0.5) is 0 Å². The van der Waals surface area contributed by atoms with Gasteiger partial charge in [-0.15, -0.1) is 0 Å². The SMILES string of the molecule is Cc1cc(C)cc(C(=O)NNC(=O)c2cccc(S(=O)(=O)NCc3ccccc3)c2)c1. The summed E-state index contributed by atoms with van der Waals surface area (Å²) in [7, 11) is -3.82. The van der Waals surface area contributed by atoms with Gasteiger partial charge in [0, 0.05) is 17.7 Å². The lowest BCUT2D eigenvalue weighted by atomic mass is 10.1. The molecule has 0 radical (unpaired) electrons. The number of benzene rings is 3. The molecule has 2 amide bonds. The molecule has 0 aliphatic rings. The van der Waals surface area contributed by atoms with Crippen LogP contribution in [0.1, 0.15) is 37.4 Å². The summed E-state index contributed by atoms with van der Waals surface area (Å²) in [6.45, 7) is 3.88. The van der Waals surface area contributed by atoms with Crippen LogP contribution < -0.4 is 15.6 Å². The molecule has 0 aromatic heterocycles. The number of aryl methyl sites for hydroxylation is 2. The van der Waals surface area contributed by atoms with Gasteiger partial charge < -0.3 is 0 Å². The van der Waals surface area contributed by atoms with Crippen molar-refractivity contribution in [2.75, 3.05) is 0 Å². The molecule has 7 nitrogen and oxygen atoms in total. The van der Waals surface area contributed by atoms with Gasteiger partial charge in [0.15, 0.2) is 0 Å². The van der Waals surface area contributed by atoms with E-state index < -0.39 is 21.8 Å². The average molecular weight is 438 g/mol. The zero-order valence-corrected chi connectivity index (χ0v) is 18.0. The van der Waals surface area contributed by atoms with Crippen LogP contribution in [0.3, 0.4) is 0 Å². The molecule has 3 rings (SSSR count). The van der Waals surface area contributed by atoms with Crippen molar-refractivity contribution in [3.8, 4) is 0 Å². The Balaban J connectivity index is 1.66. The Morgan fingerprint density at radius 2 is 1.35 bits per heavy atom. The van der Waals surface area contributed by atoms with E-state index >= 15 is 0 Å². The average Bonchev–Trinajstić information content (AvgIpc) is 2.76. The van der Waals surface area contributed by atoms with Crippen molar-refractivity contribution in [2.45, 2.75) is 25.3 Å². The molecule has 3 aromatic carbocycles. The van der Waals surface area contributed by atoms with Crippen LogP contribution in [-0.4, -0.2) is 20.2 Å². The van der Waals surface area contributed by atoms with Crippen LogP contribution in [0.15, 0.2) is 77.7 Å². The Bertz CT molecular complexity index is 1190. The molecule has 0 saturated carbocycles. The second-order valence-corrected chi connectivity index (χ2v) is 8.89. The minimum absolute atomic E-state index is 0.0447. The minimum atomic E-state index is -3.82. The number of hydrazine groups is 1. The van der Waals surface area contributed by atoms with Gasteiger partial charge in [0.25, 0.3) is 11.8 Å². The molecular weight excluding hydrogens is 414 g/mol. The monoisotopic (exact) mass is 437 g/mol. The molecule has 0 fully saturated rings. The number of hydrogen-bond donors (Lipinski definition) is 3. The lowest BCUT2D eigenvalue weighted by molar-refractivity contribution is 0.0846. The predicted octanol–water partition coefficient (Wildman–Crippen LogP) is 2.86. The molecule has 0 atom stereocenters. The summed E-state index contributed by atoms with van der Waals surface area (Å²) in [6.07, 6.45) is 0. The normalized spacial score (nSPS) is 11.0. The number of carbonyl (C=O) groups excluding carboxylic acids is 2. The summed E-state index contributed by atoms with van der Waals surface area (Å²) in [4.78, 5) is 24.7. The summed E-state index contributed by atoms with van der Waals surface area (Å²) in [5, 5.41) is 0. The fourth-order valence-electron chi connectivity index (χ4n) is 3.03. The van der Waals surface area contributed by atoms with Gasteiger partial charge >= 0.3 is 0 Å². The van der Waals surface area contributed by atoms with E-state index in [0.29, 0.717) is 5.56 Å². The molecular formula is C23H23N3O4S. The summed E-state index contributed by atoms with van der Waals surface area (Å²) in [6, 6.07) is 20.1. The summed E-state index contributed by atoms with van der Waals surface area (Å²) < 4.78 is 27.7. The lowest BCUT2D eigenvalue weighted by Crippen LogP contribution is -2.41. The van der Waals surface area contributed by atoms with Gasteiger partial charge in [0.1, 0.15) is 0 Å². The molecule has 0 heterocycles. The second-order valence-electron chi connectivity index (χ2n) is 7.12. The van der Waals surface area contributed by atoms with E-state index in [4.69, 9.17) is 0 Å². The predicted molar refractivity (Wildman–Crippen MR) is 118 cm³/mol. The van der Waals surface area contributed by atoms with E-state index in [-0.39, 0.29) is 17.0 Å². The van der Waals surface area contributed by atoms with Crippen molar-refractivity contribution in [1.82, 2.24) is 15.6 Å². The van der Waals surface area contributed by atoms with E-state index in [2.05, 4.69) is 15.6 Å². The third kappa shape index (κ3) is 6.00. The van der Waals surface area contributed by atoms with Gasteiger partial charge in [-0.05, 0) is 49.7 Å². The fourth-order valence-corrected chi connectivity index (χ4v) is 4.09. The van der Waals surface area contributed by atoms with Crippen LogP contribution in [0.2, 0.25) is 0 Å². The summed E-state index contributed by atoms with van der Waals surface area (Å²) in [5.41, 5.74) is 7.86. The van der Waals surface area contributed by atoms with E-state index in [1.54, 1.807) is 12.1 Å². The summed E-state index contributed by atoms with van der Waals surface area (Å²) >= 11 is 0. The van der Waals surface area contributed by atoms with Gasteiger partial charge in [-0.1, -0.05) is 53.6 Å². The molecule has 0 spiro atoms. The van der Waals surface area contributed by atoms with Crippen molar-refractivity contribution >= 4 is 21.8 Å². The molecule has 0 saturated heterocycles. The molecule has 3 N–H and O–H groups in total. The maximum absolute atomic E-state index is 12.6. The van der Waals surface area contributed by atoms with Crippen molar-refractivity contribution in [2.24, 2.45) is 0 Å². The largest absolute Gasteiger partial charge is 0.269 e. The molecule has 0 unspecified atom stereocenters. The number of hydrogen-bond acceptors (Lipinski definition) is 4. The molecule has 8 heteroatoms. The Morgan fingerprint density at radius 3 is 2.00 bits per heavy atom. The zero-order chi connectivity index (χ0) is 22.4. The maximum atomic E-state index is 12.6. The summed E-state index contributed by atoms with van der Waals surface area (Å²) in [5.74, 6) is -1.09. The van der Waals surface area contributed by atoms with Crippen LogP contribution in [0, 0.1) is 13.8 Å². The molecule has 0 aliphatic carbocycles. The lowest BCUT2D eigenvalue weighted by Gasteiger charge is -2.10. The van der Waals surface area contributed by atoms with E-state index in [0.717, 1.165) is 16.7 Å². The number of sulfonamides is 1. The highest BCUT2D eigenvalue weighted by atomic mass is 32.2. The highest BCUT2D eigenvalue weighted by Gasteiger charge is 2.17. The van der Waals surface area contributed by atoms with Crippen molar-refractivity contribution < 1.29 is 18.0 Å². The Hall–Kier alpha value is -3.49. The smallest absolute Gasteiger partial charge is 0.267 e. The van der Waals surface area contributed by atoms with Crippen molar-refractivity contribution in [3.05, 3.63) is 101 Å². The van der Waals surface area contributed by atoms with Gasteiger partial charge in [-0.3, -0.25) is 20.4 Å². The maximum Gasteiger partial charge on any atom is 0.269 e. The van der Waals surface area contributed by atoms with Crippen molar-refractivity contribution in [3.63, 3.8) is 0 Å². The van der Waals surface area contributed by atoms with Gasteiger partial charge in [-0.2, -0.15) is 0 Å². The third-order valence-corrected chi connectivity index (χ3v) is 5.89. The number of rotatable bonds is 6. The van der Waals surface area contributed by atoms with Gasteiger partial charge in [0.2, 0.25) is 10.0 Å². The topological polar surface area (TPSA) is 104 Å². The van der Waals surface area contributed by atoms with Gasteiger partial charge in [0.05, 0.1) is 4.90 Å². The van der Waals surface area contributed by atoms with E-state index in [1.807, 2.05) is 50.2 Å². The van der Waals surface area contributed by atoms with Crippen LogP contribution in [-0.2, 0) is 16.6 Å². The zero-order valence-electron chi connectivity index (χ0n) is 17.2. The molecule has 0 bridgehead atoms. The van der Waals surface area contributed by atoms with Crippen LogP contribution in [0.5, 0.6) is 0 Å². The van der Waals surface area contributed by atoms with Crippen LogP contribution >= 0.6 is 0 Å². The Kier molecular flexibility index (Phi) is 6.84. The first kappa shape index (κ1) is 22.2. The molecule has 0 aliphatic heterocycles. The van der Waals surface area contributed by atoms with E-state index in [9.17, 15) is 18.0 Å². The highest BCUT2D eigenvalue weighted by Crippen LogP contribution is 2.13. The van der Waals surface area contributed by atoms with Crippen LogP contribution in [0.25, 0.3) is 0 Å². The first-order valence-electron chi connectivity index (χ1n) is 9.57. The standard InChI is InChI=1S/C23H23N3O4S/c1-16-11-17(2)13-20(12-16)23(28)26-25-22(27)19-9-6-10-21(14-19)31(29,30)24-15-18-7-4-3-5-8-18/h3-14,24H,15H2,1-2H3,(H,25,27)(H,26,28).